The third-order valence-corrected chi connectivity index (χ3v) is 4.86. The van der Waals surface area contributed by atoms with Crippen LogP contribution in [0.2, 0.25) is 0 Å². The molecule has 7 heteroatoms. The Morgan fingerprint density at radius 2 is 2.19 bits per heavy atom. The van der Waals surface area contributed by atoms with Crippen LogP contribution in [0, 0.1) is 0 Å². The molecule has 0 aliphatic carbocycles. The highest BCUT2D eigenvalue weighted by Gasteiger charge is 2.18. The predicted molar refractivity (Wildman–Crippen MR) is 104 cm³/mol. The predicted octanol–water partition coefficient (Wildman–Crippen LogP) is 3.39. The molecule has 26 heavy (non-hydrogen) atoms. The van der Waals surface area contributed by atoms with Gasteiger partial charge in [-0.3, -0.25) is 4.79 Å². The number of nitrogens with zero attached hydrogens (tertiary/aromatic N) is 2. The zero-order valence-electron chi connectivity index (χ0n) is 13.9. The van der Waals surface area contributed by atoms with Crippen LogP contribution in [-0.4, -0.2) is 35.1 Å². The molecule has 0 spiro atoms. The van der Waals surface area contributed by atoms with Crippen molar-refractivity contribution in [2.45, 2.75) is 12.5 Å². The van der Waals surface area contributed by atoms with Gasteiger partial charge in [0.05, 0.1) is 4.47 Å². The van der Waals surface area contributed by atoms with E-state index in [4.69, 9.17) is 4.74 Å². The fourth-order valence-corrected chi connectivity index (χ4v) is 3.19. The summed E-state index contributed by atoms with van der Waals surface area (Å²) < 4.78 is 6.82. The van der Waals surface area contributed by atoms with Gasteiger partial charge < -0.3 is 15.4 Å². The molecule has 1 aliphatic rings. The molecule has 132 valence electrons. The number of halogens is 1. The lowest BCUT2D eigenvalue weighted by Crippen LogP contribution is -2.20. The van der Waals surface area contributed by atoms with E-state index in [1.165, 1.54) is 0 Å². The van der Waals surface area contributed by atoms with Crippen molar-refractivity contribution in [3.8, 4) is 5.75 Å². The van der Waals surface area contributed by atoms with Crippen molar-refractivity contribution >= 4 is 38.7 Å². The van der Waals surface area contributed by atoms with Gasteiger partial charge in [-0.25, -0.2) is 9.97 Å². The molecule has 0 bridgehead atoms. The maximum atomic E-state index is 12.6. The van der Waals surface area contributed by atoms with Crippen molar-refractivity contribution in [1.82, 2.24) is 15.3 Å². The fraction of sp³-hybridized carbons (Fsp3) is 0.211. The van der Waals surface area contributed by atoms with E-state index < -0.39 is 0 Å². The van der Waals surface area contributed by atoms with Crippen LogP contribution >= 0.6 is 15.9 Å². The summed E-state index contributed by atoms with van der Waals surface area (Å²) in [7, 11) is 0. The van der Waals surface area contributed by atoms with Crippen molar-refractivity contribution in [1.29, 1.82) is 0 Å². The van der Waals surface area contributed by atoms with Crippen LogP contribution in [0.1, 0.15) is 16.8 Å². The smallest absolute Gasteiger partial charge is 0.256 e. The third kappa shape index (κ3) is 3.68. The van der Waals surface area contributed by atoms with Gasteiger partial charge in [-0.15, -0.1) is 0 Å². The molecule has 1 atom stereocenters. The van der Waals surface area contributed by atoms with Gasteiger partial charge in [0.15, 0.2) is 5.65 Å². The lowest BCUT2D eigenvalue weighted by molar-refractivity contribution is 0.102. The highest BCUT2D eigenvalue weighted by molar-refractivity contribution is 9.10. The second kappa shape index (κ2) is 7.39. The topological polar surface area (TPSA) is 76.1 Å². The van der Waals surface area contributed by atoms with Crippen LogP contribution in [0.25, 0.3) is 11.0 Å². The van der Waals surface area contributed by atoms with Gasteiger partial charge in [0.2, 0.25) is 0 Å². The zero-order valence-corrected chi connectivity index (χ0v) is 15.5. The molecule has 6 nitrogen and oxygen atoms in total. The molecule has 1 fully saturated rings. The molecule has 2 aromatic heterocycles. The normalized spacial score (nSPS) is 16.6. The second-order valence-corrected chi connectivity index (χ2v) is 6.93. The Morgan fingerprint density at radius 3 is 3.04 bits per heavy atom. The Kier molecular flexibility index (Phi) is 4.81. The number of amides is 1. The number of hydrogen-bond acceptors (Lipinski definition) is 5. The largest absolute Gasteiger partial charge is 0.488 e. The van der Waals surface area contributed by atoms with E-state index in [0.717, 1.165) is 29.4 Å². The van der Waals surface area contributed by atoms with E-state index in [1.807, 2.05) is 24.3 Å². The van der Waals surface area contributed by atoms with Crippen molar-refractivity contribution in [2.75, 3.05) is 18.4 Å². The van der Waals surface area contributed by atoms with Crippen molar-refractivity contribution in [2.24, 2.45) is 0 Å². The molecule has 2 N–H and O–H groups in total. The molecule has 1 unspecified atom stereocenters. The Hall–Kier alpha value is -2.51. The molecule has 0 radical (unpaired) electrons. The number of carbonyl (C=O) groups is 1. The average Bonchev–Trinajstić information content (AvgIpc) is 3.16. The number of hydrogen-bond donors (Lipinski definition) is 2. The van der Waals surface area contributed by atoms with Crippen LogP contribution in [0.4, 0.5) is 5.82 Å². The summed E-state index contributed by atoms with van der Waals surface area (Å²) in [5.41, 5.74) is 1.11. The SMILES string of the molecule is O=C(Nc1ccc2cccnc2n1)c1ccc(Br)c(OC2CCNC2)c1. The van der Waals surface area contributed by atoms with Gasteiger partial charge in [-0.2, -0.15) is 0 Å². The van der Waals surface area contributed by atoms with Gasteiger partial charge in [0, 0.05) is 23.7 Å². The van der Waals surface area contributed by atoms with Crippen LogP contribution in [-0.2, 0) is 0 Å². The summed E-state index contributed by atoms with van der Waals surface area (Å²) in [6.07, 6.45) is 2.76. The minimum absolute atomic E-state index is 0.123. The van der Waals surface area contributed by atoms with Gasteiger partial charge in [-0.05, 0) is 71.4 Å². The average molecular weight is 413 g/mol. The maximum Gasteiger partial charge on any atom is 0.256 e. The standard InChI is InChI=1S/C19H17BrN4O2/c20-15-5-3-13(10-16(15)26-14-7-9-21-11-14)19(25)24-17-6-4-12-2-1-8-22-18(12)23-17/h1-6,8,10,14,21H,7,9,11H2,(H,22,23,24,25). The van der Waals surface area contributed by atoms with E-state index in [1.54, 1.807) is 24.4 Å². The quantitative estimate of drug-likeness (QED) is 0.686. The Bertz CT molecular complexity index is 957. The second-order valence-electron chi connectivity index (χ2n) is 6.08. The number of anilines is 1. The molecule has 3 aromatic rings. The summed E-state index contributed by atoms with van der Waals surface area (Å²) in [6.45, 7) is 1.76. The number of fused-ring (bicyclic) bond motifs is 1. The number of rotatable bonds is 4. The van der Waals surface area contributed by atoms with Crippen LogP contribution in [0.15, 0.2) is 53.1 Å². The molecule has 4 rings (SSSR count). The van der Waals surface area contributed by atoms with E-state index in [9.17, 15) is 4.79 Å². The molecule has 3 heterocycles. The Morgan fingerprint density at radius 1 is 1.27 bits per heavy atom. The van der Waals surface area contributed by atoms with Gasteiger partial charge in [0.1, 0.15) is 17.7 Å². The Labute approximate surface area is 159 Å². The minimum atomic E-state index is -0.241. The molecular weight excluding hydrogens is 396 g/mol. The Balaban J connectivity index is 1.53. The number of pyridine rings is 2. The number of nitrogens with one attached hydrogen (secondary N) is 2. The number of aromatic nitrogens is 2. The molecule has 1 amide bonds. The van der Waals surface area contributed by atoms with E-state index >= 15 is 0 Å². The maximum absolute atomic E-state index is 12.6. The van der Waals surface area contributed by atoms with Crippen molar-refractivity contribution < 1.29 is 9.53 Å². The van der Waals surface area contributed by atoms with Crippen molar-refractivity contribution in [3.63, 3.8) is 0 Å². The van der Waals surface area contributed by atoms with E-state index in [2.05, 4.69) is 36.5 Å². The first-order chi connectivity index (χ1) is 12.7. The summed E-state index contributed by atoms with van der Waals surface area (Å²) in [4.78, 5) is 21.2. The zero-order chi connectivity index (χ0) is 17.9. The summed E-state index contributed by atoms with van der Waals surface area (Å²) in [6, 6.07) is 12.7. The molecule has 1 saturated heterocycles. The third-order valence-electron chi connectivity index (χ3n) is 4.21. The molecule has 1 aromatic carbocycles. The fourth-order valence-electron chi connectivity index (χ4n) is 2.85. The van der Waals surface area contributed by atoms with Crippen LogP contribution in [0.3, 0.4) is 0 Å². The monoisotopic (exact) mass is 412 g/mol. The van der Waals surface area contributed by atoms with Gasteiger partial charge in [0.25, 0.3) is 5.91 Å². The highest BCUT2D eigenvalue weighted by Crippen LogP contribution is 2.28. The van der Waals surface area contributed by atoms with Gasteiger partial charge in [-0.1, -0.05) is 0 Å². The number of carbonyl (C=O) groups excluding carboxylic acids is 1. The van der Waals surface area contributed by atoms with E-state index in [-0.39, 0.29) is 12.0 Å². The lowest BCUT2D eigenvalue weighted by atomic mass is 10.2. The van der Waals surface area contributed by atoms with Gasteiger partial charge >= 0.3 is 0 Å². The summed E-state index contributed by atoms with van der Waals surface area (Å²) in [5, 5.41) is 7.01. The minimum Gasteiger partial charge on any atom is -0.488 e. The first-order valence-corrected chi connectivity index (χ1v) is 9.18. The molecule has 1 aliphatic heterocycles. The van der Waals surface area contributed by atoms with E-state index in [0.29, 0.717) is 22.8 Å². The first kappa shape index (κ1) is 16.9. The van der Waals surface area contributed by atoms with Crippen LogP contribution < -0.4 is 15.4 Å². The lowest BCUT2D eigenvalue weighted by Gasteiger charge is -2.15. The summed E-state index contributed by atoms with van der Waals surface area (Å²) >= 11 is 3.48. The highest BCUT2D eigenvalue weighted by atomic mass is 79.9. The summed E-state index contributed by atoms with van der Waals surface area (Å²) in [5.74, 6) is 0.890. The number of benzene rings is 1. The molecular formula is C19H17BrN4O2. The first-order valence-electron chi connectivity index (χ1n) is 8.39. The number of ether oxygens (including phenoxy) is 1. The van der Waals surface area contributed by atoms with Crippen LogP contribution in [0.5, 0.6) is 5.75 Å². The van der Waals surface area contributed by atoms with Crippen molar-refractivity contribution in [3.05, 3.63) is 58.7 Å². The molecule has 0 saturated carbocycles.